The van der Waals surface area contributed by atoms with Crippen LogP contribution in [0, 0.1) is 0 Å². The lowest BCUT2D eigenvalue weighted by molar-refractivity contribution is -0.151. The van der Waals surface area contributed by atoms with E-state index in [0.29, 0.717) is 18.7 Å². The third-order valence-electron chi connectivity index (χ3n) is 5.67. The number of rotatable bonds is 9. The van der Waals surface area contributed by atoms with Gasteiger partial charge in [0.1, 0.15) is 5.76 Å². The van der Waals surface area contributed by atoms with Crippen LogP contribution in [-0.4, -0.2) is 28.4 Å². The van der Waals surface area contributed by atoms with Gasteiger partial charge < -0.3 is 19.0 Å². The van der Waals surface area contributed by atoms with Crippen molar-refractivity contribution in [2.24, 2.45) is 0 Å². The molecule has 1 aliphatic carbocycles. The number of benzene rings is 1. The summed E-state index contributed by atoms with van der Waals surface area (Å²) in [6, 6.07) is 11.8. The second kappa shape index (κ2) is 10.2. The molecule has 0 aliphatic heterocycles. The standard InChI is InChI=1S/C25H28N2O4/c28-24(27(17-21-11-7-15-30-21)20-9-2-1-3-10-20)18-31-25(29)14-6-8-19-16-26-23-13-5-4-12-22(19)23/h4-5,7,9,11-13,15-16,26H,1-3,6,8,10,14,17-18H2. The zero-order valence-corrected chi connectivity index (χ0v) is 17.6. The predicted octanol–water partition coefficient (Wildman–Crippen LogP) is 5.11. The van der Waals surface area contributed by atoms with Crippen molar-refractivity contribution in [3.63, 3.8) is 0 Å². The first kappa shape index (κ1) is 21.0. The Bertz CT molecular complexity index is 1050. The molecule has 2 aromatic heterocycles. The van der Waals surface area contributed by atoms with Gasteiger partial charge in [-0.3, -0.25) is 9.59 Å². The number of para-hydroxylation sites is 1. The minimum atomic E-state index is -0.344. The van der Waals surface area contributed by atoms with Crippen LogP contribution >= 0.6 is 0 Å². The van der Waals surface area contributed by atoms with Gasteiger partial charge in [-0.05, 0) is 62.3 Å². The van der Waals surface area contributed by atoms with Crippen molar-refractivity contribution in [2.75, 3.05) is 6.61 Å². The minimum Gasteiger partial charge on any atom is -0.467 e. The molecule has 0 bridgehead atoms. The first-order valence-corrected chi connectivity index (χ1v) is 10.9. The van der Waals surface area contributed by atoms with Crippen LogP contribution in [0.3, 0.4) is 0 Å². The van der Waals surface area contributed by atoms with E-state index in [9.17, 15) is 9.59 Å². The fourth-order valence-electron chi connectivity index (χ4n) is 4.03. The van der Waals surface area contributed by atoms with E-state index in [1.165, 1.54) is 10.9 Å². The molecule has 1 amide bonds. The van der Waals surface area contributed by atoms with E-state index < -0.39 is 0 Å². The number of esters is 1. The smallest absolute Gasteiger partial charge is 0.306 e. The first-order valence-electron chi connectivity index (χ1n) is 10.9. The highest BCUT2D eigenvalue weighted by Gasteiger charge is 2.22. The fraction of sp³-hybridized carbons (Fsp3) is 0.360. The number of amides is 1. The largest absolute Gasteiger partial charge is 0.467 e. The average Bonchev–Trinajstić information content (AvgIpc) is 3.47. The summed E-state index contributed by atoms with van der Waals surface area (Å²) in [5.74, 6) is 0.156. The summed E-state index contributed by atoms with van der Waals surface area (Å²) in [4.78, 5) is 30.0. The summed E-state index contributed by atoms with van der Waals surface area (Å²) >= 11 is 0. The molecule has 1 aromatic carbocycles. The van der Waals surface area contributed by atoms with Gasteiger partial charge in [0.15, 0.2) is 6.61 Å². The molecular weight excluding hydrogens is 392 g/mol. The van der Waals surface area contributed by atoms with E-state index >= 15 is 0 Å². The van der Waals surface area contributed by atoms with Gasteiger partial charge in [-0.2, -0.15) is 0 Å². The average molecular weight is 421 g/mol. The molecule has 1 N–H and O–H groups in total. The number of aromatic amines is 1. The number of allylic oxidation sites excluding steroid dienone is 2. The number of fused-ring (bicyclic) bond motifs is 1. The molecule has 6 heteroatoms. The van der Waals surface area contributed by atoms with E-state index in [0.717, 1.165) is 43.3 Å². The zero-order valence-electron chi connectivity index (χ0n) is 17.6. The summed E-state index contributed by atoms with van der Waals surface area (Å²) in [7, 11) is 0. The highest BCUT2D eigenvalue weighted by molar-refractivity contribution is 5.83. The molecule has 0 unspecified atom stereocenters. The molecule has 0 radical (unpaired) electrons. The van der Waals surface area contributed by atoms with Crippen LogP contribution in [0.25, 0.3) is 10.9 Å². The van der Waals surface area contributed by atoms with E-state index in [1.54, 1.807) is 17.2 Å². The van der Waals surface area contributed by atoms with Crippen LogP contribution in [0.2, 0.25) is 0 Å². The van der Waals surface area contributed by atoms with Gasteiger partial charge >= 0.3 is 5.97 Å². The number of ether oxygens (including phenoxy) is 1. The van der Waals surface area contributed by atoms with Crippen LogP contribution < -0.4 is 0 Å². The van der Waals surface area contributed by atoms with Crippen molar-refractivity contribution >= 4 is 22.8 Å². The van der Waals surface area contributed by atoms with Gasteiger partial charge in [0.25, 0.3) is 5.91 Å². The van der Waals surface area contributed by atoms with Crippen LogP contribution in [-0.2, 0) is 27.3 Å². The topological polar surface area (TPSA) is 75.5 Å². The summed E-state index contributed by atoms with van der Waals surface area (Å²) in [6.45, 7) is 0.111. The van der Waals surface area contributed by atoms with Crippen LogP contribution in [0.5, 0.6) is 0 Å². The Morgan fingerprint density at radius 2 is 2.03 bits per heavy atom. The molecule has 0 saturated carbocycles. The van der Waals surface area contributed by atoms with Crippen molar-refractivity contribution in [1.29, 1.82) is 0 Å². The Morgan fingerprint density at radius 3 is 2.84 bits per heavy atom. The van der Waals surface area contributed by atoms with Crippen molar-refractivity contribution < 1.29 is 18.7 Å². The molecule has 3 aromatic rings. The lowest BCUT2D eigenvalue weighted by Crippen LogP contribution is -2.34. The second-order valence-electron chi connectivity index (χ2n) is 7.87. The third kappa shape index (κ3) is 5.45. The predicted molar refractivity (Wildman–Crippen MR) is 118 cm³/mol. The van der Waals surface area contributed by atoms with Crippen LogP contribution in [0.4, 0.5) is 0 Å². The van der Waals surface area contributed by atoms with E-state index in [4.69, 9.17) is 9.15 Å². The monoisotopic (exact) mass is 420 g/mol. The molecule has 2 heterocycles. The second-order valence-corrected chi connectivity index (χ2v) is 7.87. The molecule has 0 spiro atoms. The zero-order chi connectivity index (χ0) is 21.5. The maximum Gasteiger partial charge on any atom is 0.306 e. The lowest BCUT2D eigenvalue weighted by atomic mass is 10.0. The maximum atomic E-state index is 12.8. The van der Waals surface area contributed by atoms with Crippen LogP contribution in [0.1, 0.15) is 49.8 Å². The number of aromatic nitrogens is 1. The summed E-state index contributed by atoms with van der Waals surface area (Å²) in [6.07, 6.45) is 11.4. The number of H-pyrrole nitrogens is 1. The number of carbonyl (C=O) groups is 2. The Kier molecular flexibility index (Phi) is 6.87. The Hall–Kier alpha value is -3.28. The van der Waals surface area contributed by atoms with Crippen molar-refractivity contribution in [2.45, 2.75) is 51.5 Å². The van der Waals surface area contributed by atoms with Crippen molar-refractivity contribution in [1.82, 2.24) is 9.88 Å². The maximum absolute atomic E-state index is 12.8. The van der Waals surface area contributed by atoms with Gasteiger partial charge in [-0.25, -0.2) is 0 Å². The van der Waals surface area contributed by atoms with E-state index in [1.807, 2.05) is 30.5 Å². The Morgan fingerprint density at radius 1 is 1.13 bits per heavy atom. The quantitative estimate of drug-likeness (QED) is 0.488. The van der Waals surface area contributed by atoms with Crippen molar-refractivity contribution in [3.8, 4) is 0 Å². The Balaban J connectivity index is 1.27. The van der Waals surface area contributed by atoms with Gasteiger partial charge in [-0.1, -0.05) is 24.3 Å². The number of nitrogens with zero attached hydrogens (tertiary/aromatic N) is 1. The molecule has 1 aliphatic rings. The Labute approximate surface area is 181 Å². The molecule has 6 nitrogen and oxygen atoms in total. The number of aryl methyl sites for hydroxylation is 1. The van der Waals surface area contributed by atoms with Gasteiger partial charge in [-0.15, -0.1) is 0 Å². The normalized spacial score (nSPS) is 13.7. The molecular formula is C25H28N2O4. The molecule has 4 rings (SSSR count). The molecule has 0 fully saturated rings. The number of furan rings is 1. The number of carbonyl (C=O) groups excluding carboxylic acids is 2. The lowest BCUT2D eigenvalue weighted by Gasteiger charge is -2.26. The van der Waals surface area contributed by atoms with Crippen LogP contribution in [0.15, 0.2) is 65.0 Å². The van der Waals surface area contributed by atoms with Gasteiger partial charge in [0.2, 0.25) is 0 Å². The summed E-state index contributed by atoms with van der Waals surface area (Å²) < 4.78 is 10.7. The number of hydrogen-bond donors (Lipinski definition) is 1. The van der Waals surface area contributed by atoms with E-state index in [2.05, 4.69) is 17.1 Å². The third-order valence-corrected chi connectivity index (χ3v) is 5.67. The highest BCUT2D eigenvalue weighted by Crippen LogP contribution is 2.23. The fourth-order valence-corrected chi connectivity index (χ4v) is 4.03. The molecule has 0 atom stereocenters. The molecule has 31 heavy (non-hydrogen) atoms. The first-order chi connectivity index (χ1) is 15.2. The number of hydrogen-bond acceptors (Lipinski definition) is 4. The van der Waals surface area contributed by atoms with E-state index in [-0.39, 0.29) is 24.9 Å². The SMILES string of the molecule is O=C(CCCc1c[nH]c2ccccc12)OCC(=O)N(Cc1ccco1)C1=CCCCC1. The molecule has 162 valence electrons. The molecule has 0 saturated heterocycles. The summed E-state index contributed by atoms with van der Waals surface area (Å²) in [5, 5.41) is 1.18. The highest BCUT2D eigenvalue weighted by atomic mass is 16.5. The van der Waals surface area contributed by atoms with Gasteiger partial charge in [0, 0.05) is 29.2 Å². The summed E-state index contributed by atoms with van der Waals surface area (Å²) in [5.41, 5.74) is 3.27. The van der Waals surface area contributed by atoms with Gasteiger partial charge in [0.05, 0.1) is 12.8 Å². The number of nitrogens with one attached hydrogen (secondary N) is 1. The van der Waals surface area contributed by atoms with Crippen molar-refractivity contribution in [3.05, 3.63) is 72.0 Å². The minimum absolute atomic E-state index is 0.213.